The fourth-order valence-electron chi connectivity index (χ4n) is 3.50. The van der Waals surface area contributed by atoms with Gasteiger partial charge in [-0.1, -0.05) is 42.5 Å². The Hall–Kier alpha value is -4.30. The average Bonchev–Trinajstić information content (AvgIpc) is 3.19. The molecule has 0 aliphatic rings. The summed E-state index contributed by atoms with van der Waals surface area (Å²) < 4.78 is 11.1. The highest BCUT2D eigenvalue weighted by Crippen LogP contribution is 2.42. The van der Waals surface area contributed by atoms with E-state index in [1.54, 1.807) is 6.92 Å². The molecule has 4 aromatic rings. The van der Waals surface area contributed by atoms with Gasteiger partial charge in [-0.05, 0) is 54.4 Å². The van der Waals surface area contributed by atoms with Crippen molar-refractivity contribution in [2.45, 2.75) is 13.5 Å². The second kappa shape index (κ2) is 10.8. The molecular formula is C27H23NO6S. The van der Waals surface area contributed by atoms with Gasteiger partial charge in [-0.25, -0.2) is 9.59 Å². The second-order valence-electron chi connectivity index (χ2n) is 7.70. The number of aromatic carboxylic acids is 1. The Morgan fingerprint density at radius 3 is 2.31 bits per heavy atom. The molecule has 0 aliphatic carbocycles. The molecule has 35 heavy (non-hydrogen) atoms. The molecule has 4 rings (SSSR count). The van der Waals surface area contributed by atoms with Crippen LogP contribution in [0.4, 0.5) is 5.69 Å². The number of thiophene rings is 1. The summed E-state index contributed by atoms with van der Waals surface area (Å²) in [5.74, 6) is -0.693. The first-order chi connectivity index (χ1) is 16.9. The highest BCUT2D eigenvalue weighted by molar-refractivity contribution is 7.18. The van der Waals surface area contributed by atoms with Crippen LogP contribution in [-0.4, -0.2) is 28.8 Å². The van der Waals surface area contributed by atoms with E-state index in [4.69, 9.17) is 14.6 Å². The Kier molecular flexibility index (Phi) is 7.32. The lowest BCUT2D eigenvalue weighted by atomic mass is 10.1. The Bertz CT molecular complexity index is 1330. The summed E-state index contributed by atoms with van der Waals surface area (Å²) in [6, 6.07) is 25.0. The standard InChI is InChI=1S/C27H23NO6S/c1-17-24(33-16-23(29)30)26(27(31)32)35-25(17)19-6-5-7-20(14-19)28-15-18-10-12-22(13-11-18)34-21-8-3-2-4-9-21/h2-14,28H,15-16H2,1H3,(H,29,30)(H,31,32). The number of ether oxygens (including phenoxy) is 2. The average molecular weight is 490 g/mol. The van der Waals surface area contributed by atoms with Crippen LogP contribution in [-0.2, 0) is 11.3 Å². The molecule has 0 aliphatic heterocycles. The molecule has 0 fully saturated rings. The van der Waals surface area contributed by atoms with Gasteiger partial charge in [0.05, 0.1) is 0 Å². The summed E-state index contributed by atoms with van der Waals surface area (Å²) in [6.45, 7) is 1.72. The van der Waals surface area contributed by atoms with E-state index in [1.165, 1.54) is 0 Å². The first-order valence-electron chi connectivity index (χ1n) is 10.8. The van der Waals surface area contributed by atoms with Crippen molar-refractivity contribution in [3.8, 4) is 27.7 Å². The molecule has 0 saturated carbocycles. The van der Waals surface area contributed by atoms with Crippen LogP contribution in [0.5, 0.6) is 17.2 Å². The summed E-state index contributed by atoms with van der Waals surface area (Å²) in [5.41, 5.74) is 3.35. The predicted octanol–water partition coefficient (Wildman–Crippen LogP) is 6.29. The first kappa shape index (κ1) is 23.8. The van der Waals surface area contributed by atoms with Gasteiger partial charge >= 0.3 is 11.9 Å². The quantitative estimate of drug-likeness (QED) is 0.240. The molecule has 7 nitrogen and oxygen atoms in total. The molecule has 8 heteroatoms. The molecule has 1 heterocycles. The summed E-state index contributed by atoms with van der Waals surface area (Å²) in [4.78, 5) is 23.3. The number of carboxylic acid groups (broad SMARTS) is 2. The number of benzene rings is 3. The van der Waals surface area contributed by atoms with Crippen LogP contribution in [0, 0.1) is 6.92 Å². The molecule has 0 unspecified atom stereocenters. The molecule has 3 N–H and O–H groups in total. The highest BCUT2D eigenvalue weighted by atomic mass is 32.1. The predicted molar refractivity (Wildman–Crippen MR) is 135 cm³/mol. The van der Waals surface area contributed by atoms with Crippen LogP contribution in [0.3, 0.4) is 0 Å². The number of hydrogen-bond donors (Lipinski definition) is 3. The van der Waals surface area contributed by atoms with Crippen LogP contribution >= 0.6 is 11.3 Å². The van der Waals surface area contributed by atoms with E-state index in [1.807, 2.05) is 78.9 Å². The third-order valence-electron chi connectivity index (χ3n) is 5.15. The van der Waals surface area contributed by atoms with E-state index in [2.05, 4.69) is 5.32 Å². The zero-order valence-electron chi connectivity index (χ0n) is 18.9. The van der Waals surface area contributed by atoms with Crippen LogP contribution in [0.2, 0.25) is 0 Å². The first-order valence-corrected chi connectivity index (χ1v) is 11.6. The van der Waals surface area contributed by atoms with E-state index in [0.29, 0.717) is 17.0 Å². The van der Waals surface area contributed by atoms with Gasteiger partial charge in [0.1, 0.15) is 17.2 Å². The van der Waals surface area contributed by atoms with Crippen molar-refractivity contribution in [1.82, 2.24) is 0 Å². The maximum Gasteiger partial charge on any atom is 0.349 e. The van der Waals surface area contributed by atoms with Crippen LogP contribution < -0.4 is 14.8 Å². The van der Waals surface area contributed by atoms with E-state index in [0.717, 1.165) is 39.7 Å². The maximum atomic E-state index is 11.7. The van der Waals surface area contributed by atoms with Crippen molar-refractivity contribution in [1.29, 1.82) is 0 Å². The van der Waals surface area contributed by atoms with Gasteiger partial charge in [0, 0.05) is 22.7 Å². The lowest BCUT2D eigenvalue weighted by Gasteiger charge is -2.10. The molecule has 0 atom stereocenters. The highest BCUT2D eigenvalue weighted by Gasteiger charge is 2.23. The SMILES string of the molecule is Cc1c(-c2cccc(NCc3ccc(Oc4ccccc4)cc3)c2)sc(C(=O)O)c1OCC(=O)O. The third kappa shape index (κ3) is 5.99. The van der Waals surface area contributed by atoms with E-state index < -0.39 is 18.5 Å². The van der Waals surface area contributed by atoms with Crippen molar-refractivity contribution in [2.24, 2.45) is 0 Å². The molecular weight excluding hydrogens is 466 g/mol. The second-order valence-corrected chi connectivity index (χ2v) is 8.72. The lowest BCUT2D eigenvalue weighted by molar-refractivity contribution is -0.139. The lowest BCUT2D eigenvalue weighted by Crippen LogP contribution is -2.11. The van der Waals surface area contributed by atoms with Gasteiger partial charge in [-0.3, -0.25) is 0 Å². The third-order valence-corrected chi connectivity index (χ3v) is 6.46. The van der Waals surface area contributed by atoms with E-state index in [-0.39, 0.29) is 10.6 Å². The summed E-state index contributed by atoms with van der Waals surface area (Å²) in [7, 11) is 0. The number of nitrogens with one attached hydrogen (secondary N) is 1. The number of carboxylic acids is 2. The van der Waals surface area contributed by atoms with Crippen molar-refractivity contribution < 1.29 is 29.3 Å². The zero-order chi connectivity index (χ0) is 24.8. The van der Waals surface area contributed by atoms with Crippen LogP contribution in [0.25, 0.3) is 10.4 Å². The van der Waals surface area contributed by atoms with Crippen molar-refractivity contribution in [3.05, 3.63) is 94.9 Å². The number of aliphatic carboxylic acids is 1. The van der Waals surface area contributed by atoms with E-state index >= 15 is 0 Å². The number of hydrogen-bond acceptors (Lipinski definition) is 6. The Labute approximate surface area is 206 Å². The maximum absolute atomic E-state index is 11.7. The molecule has 0 amide bonds. The molecule has 178 valence electrons. The summed E-state index contributed by atoms with van der Waals surface area (Å²) in [5, 5.41) is 21.8. The molecule has 0 radical (unpaired) electrons. The Balaban J connectivity index is 1.46. The van der Waals surface area contributed by atoms with E-state index in [9.17, 15) is 14.7 Å². The fraction of sp³-hybridized carbons (Fsp3) is 0.111. The van der Waals surface area contributed by atoms with Crippen LogP contribution in [0.15, 0.2) is 78.9 Å². The molecule has 0 saturated heterocycles. The number of anilines is 1. The Morgan fingerprint density at radius 1 is 0.914 bits per heavy atom. The number of rotatable bonds is 10. The molecule has 0 bridgehead atoms. The summed E-state index contributed by atoms with van der Waals surface area (Å²) >= 11 is 1.07. The van der Waals surface area contributed by atoms with Gasteiger partial charge in [0.2, 0.25) is 0 Å². The molecule has 3 aromatic carbocycles. The van der Waals surface area contributed by atoms with Gasteiger partial charge in [0.15, 0.2) is 11.5 Å². The van der Waals surface area contributed by atoms with Crippen molar-refractivity contribution in [2.75, 3.05) is 11.9 Å². The summed E-state index contributed by atoms with van der Waals surface area (Å²) in [6.07, 6.45) is 0. The van der Waals surface area contributed by atoms with Crippen LogP contribution in [0.1, 0.15) is 20.8 Å². The van der Waals surface area contributed by atoms with Gasteiger partial charge in [0.25, 0.3) is 0 Å². The van der Waals surface area contributed by atoms with Gasteiger partial charge in [-0.2, -0.15) is 0 Å². The smallest absolute Gasteiger partial charge is 0.349 e. The zero-order valence-corrected chi connectivity index (χ0v) is 19.7. The minimum absolute atomic E-state index is 0.0186. The normalized spacial score (nSPS) is 10.5. The van der Waals surface area contributed by atoms with Crippen molar-refractivity contribution >= 4 is 29.0 Å². The van der Waals surface area contributed by atoms with Crippen molar-refractivity contribution in [3.63, 3.8) is 0 Å². The fourth-order valence-corrected chi connectivity index (χ4v) is 4.58. The largest absolute Gasteiger partial charge is 0.480 e. The molecule has 0 spiro atoms. The van der Waals surface area contributed by atoms with Gasteiger partial charge < -0.3 is 25.0 Å². The minimum atomic E-state index is -1.17. The molecule has 1 aromatic heterocycles. The number of para-hydroxylation sites is 1. The Morgan fingerprint density at radius 2 is 1.63 bits per heavy atom. The number of carbonyl (C=O) groups is 2. The minimum Gasteiger partial charge on any atom is -0.480 e. The van der Waals surface area contributed by atoms with Gasteiger partial charge in [-0.15, -0.1) is 11.3 Å². The topological polar surface area (TPSA) is 105 Å². The monoisotopic (exact) mass is 489 g/mol.